The topological polar surface area (TPSA) is 20.3 Å². The summed E-state index contributed by atoms with van der Waals surface area (Å²) in [4.78, 5) is 14.9. The Bertz CT molecular complexity index is 387. The summed E-state index contributed by atoms with van der Waals surface area (Å²) in [7, 11) is 0. The molecule has 2 nitrogen and oxygen atoms in total. The Kier molecular flexibility index (Phi) is 7.90. The average molecular weight is 340 g/mol. The lowest BCUT2D eigenvalue weighted by Crippen LogP contribution is -2.39. The molecule has 3 heteroatoms. The van der Waals surface area contributed by atoms with Crippen LogP contribution < -0.4 is 0 Å². The van der Waals surface area contributed by atoms with E-state index in [1.165, 1.54) is 0 Å². The number of carbonyl (C=O) groups is 1. The predicted octanol–water partition coefficient (Wildman–Crippen LogP) is 4.45. The Labute approximate surface area is 131 Å². The summed E-state index contributed by atoms with van der Waals surface area (Å²) in [5.41, 5.74) is 1.14. The van der Waals surface area contributed by atoms with Gasteiger partial charge in [0.05, 0.1) is 5.92 Å². The summed E-state index contributed by atoms with van der Waals surface area (Å²) in [6.45, 7) is 8.07. The second kappa shape index (κ2) is 9.17. The van der Waals surface area contributed by atoms with Crippen molar-refractivity contribution in [3.63, 3.8) is 0 Å². The maximum atomic E-state index is 12.9. The number of amides is 1. The third-order valence-electron chi connectivity index (χ3n) is 3.80. The number of halogens is 1. The van der Waals surface area contributed by atoms with Crippen LogP contribution in [-0.2, 0) is 4.79 Å². The molecule has 0 aliphatic carbocycles. The zero-order valence-electron chi connectivity index (χ0n) is 12.8. The van der Waals surface area contributed by atoms with Gasteiger partial charge in [-0.25, -0.2) is 0 Å². The van der Waals surface area contributed by atoms with Crippen LogP contribution in [0.4, 0.5) is 0 Å². The molecule has 0 aliphatic heterocycles. The van der Waals surface area contributed by atoms with Gasteiger partial charge in [0.25, 0.3) is 0 Å². The third kappa shape index (κ3) is 4.62. The molecule has 0 N–H and O–H groups in total. The molecule has 1 aromatic rings. The number of hydrogen-bond acceptors (Lipinski definition) is 1. The molecular weight excluding hydrogens is 314 g/mol. The molecule has 0 bridgehead atoms. The van der Waals surface area contributed by atoms with Crippen molar-refractivity contribution in [2.75, 3.05) is 18.4 Å². The Morgan fingerprint density at radius 1 is 1.20 bits per heavy atom. The second-order valence-electron chi connectivity index (χ2n) is 5.29. The van der Waals surface area contributed by atoms with E-state index >= 15 is 0 Å². The van der Waals surface area contributed by atoms with Gasteiger partial charge in [-0.1, -0.05) is 73.5 Å². The largest absolute Gasteiger partial charge is 0.341 e. The molecule has 0 spiro atoms. The van der Waals surface area contributed by atoms with Crippen LogP contribution in [0.2, 0.25) is 0 Å². The van der Waals surface area contributed by atoms with E-state index in [1.807, 2.05) is 23.1 Å². The lowest BCUT2D eigenvalue weighted by molar-refractivity contribution is -0.133. The molecule has 1 aromatic carbocycles. The van der Waals surface area contributed by atoms with E-state index in [1.54, 1.807) is 0 Å². The van der Waals surface area contributed by atoms with E-state index < -0.39 is 0 Å². The van der Waals surface area contributed by atoms with Crippen LogP contribution in [0.15, 0.2) is 30.3 Å². The molecule has 2 atom stereocenters. The normalized spacial score (nSPS) is 13.8. The van der Waals surface area contributed by atoms with Crippen molar-refractivity contribution < 1.29 is 4.79 Å². The van der Waals surface area contributed by atoms with Crippen LogP contribution in [0.3, 0.4) is 0 Å². The first-order chi connectivity index (χ1) is 9.65. The van der Waals surface area contributed by atoms with Gasteiger partial charge >= 0.3 is 0 Å². The Hall–Kier alpha value is -0.830. The number of rotatable bonds is 8. The van der Waals surface area contributed by atoms with Crippen molar-refractivity contribution in [3.8, 4) is 0 Å². The zero-order chi connectivity index (χ0) is 15.0. The molecule has 0 saturated heterocycles. The molecular formula is C17H26BrNO. The summed E-state index contributed by atoms with van der Waals surface area (Å²) >= 11 is 3.45. The molecule has 0 radical (unpaired) electrons. The lowest BCUT2D eigenvalue weighted by atomic mass is 9.84. The van der Waals surface area contributed by atoms with Crippen LogP contribution in [0, 0.1) is 5.92 Å². The highest BCUT2D eigenvalue weighted by molar-refractivity contribution is 9.09. The Balaban J connectivity index is 3.00. The highest BCUT2D eigenvalue weighted by atomic mass is 79.9. The number of alkyl halides is 1. The smallest absolute Gasteiger partial charge is 0.230 e. The fraction of sp³-hybridized carbons (Fsp3) is 0.588. The molecule has 112 valence electrons. The third-order valence-corrected chi connectivity index (χ3v) is 4.15. The first-order valence-corrected chi connectivity index (χ1v) is 8.67. The van der Waals surface area contributed by atoms with E-state index in [-0.39, 0.29) is 11.8 Å². The van der Waals surface area contributed by atoms with Gasteiger partial charge in [-0.3, -0.25) is 4.79 Å². The minimum atomic E-state index is -0.0215. The first-order valence-electron chi connectivity index (χ1n) is 7.55. The molecule has 1 amide bonds. The molecule has 2 unspecified atom stereocenters. The number of nitrogens with zero attached hydrogens (tertiary/aromatic N) is 1. The van der Waals surface area contributed by atoms with Gasteiger partial charge in [-0.15, -0.1) is 0 Å². The van der Waals surface area contributed by atoms with Gasteiger partial charge < -0.3 is 4.90 Å². The number of hydrogen-bond donors (Lipinski definition) is 0. The minimum Gasteiger partial charge on any atom is -0.341 e. The number of benzene rings is 1. The number of carbonyl (C=O) groups excluding carboxylic acids is 1. The summed E-state index contributed by atoms with van der Waals surface area (Å²) in [6.07, 6.45) is 2.01. The van der Waals surface area contributed by atoms with Crippen LogP contribution in [0.5, 0.6) is 0 Å². The molecule has 0 saturated carbocycles. The van der Waals surface area contributed by atoms with Crippen LogP contribution in [-0.4, -0.2) is 29.2 Å². The predicted molar refractivity (Wildman–Crippen MR) is 89.3 cm³/mol. The maximum Gasteiger partial charge on any atom is 0.230 e. The molecule has 1 rings (SSSR count). The summed E-state index contributed by atoms with van der Waals surface area (Å²) < 4.78 is 0. The zero-order valence-corrected chi connectivity index (χ0v) is 14.4. The van der Waals surface area contributed by atoms with Gasteiger partial charge in [0.1, 0.15) is 0 Å². The van der Waals surface area contributed by atoms with Crippen molar-refractivity contribution in [2.45, 2.75) is 39.5 Å². The average Bonchev–Trinajstić information content (AvgIpc) is 2.48. The van der Waals surface area contributed by atoms with Crippen molar-refractivity contribution >= 4 is 21.8 Å². The van der Waals surface area contributed by atoms with Crippen molar-refractivity contribution in [1.82, 2.24) is 4.90 Å². The van der Waals surface area contributed by atoms with Gasteiger partial charge in [0.15, 0.2) is 0 Å². The lowest BCUT2D eigenvalue weighted by Gasteiger charge is -2.30. The summed E-state index contributed by atoms with van der Waals surface area (Å²) in [5, 5.41) is 0.834. The maximum absolute atomic E-state index is 12.9. The first kappa shape index (κ1) is 17.2. The summed E-state index contributed by atoms with van der Waals surface area (Å²) in [5.74, 6) is 0.609. The summed E-state index contributed by atoms with van der Waals surface area (Å²) in [6, 6.07) is 10.2. The van der Waals surface area contributed by atoms with E-state index in [4.69, 9.17) is 0 Å². The monoisotopic (exact) mass is 339 g/mol. The highest BCUT2D eigenvalue weighted by Crippen LogP contribution is 2.29. The standard InChI is InChI=1S/C17H26BrNO/c1-4-12-19(13-11-18)17(20)16(14(3)5-2)15-9-7-6-8-10-15/h6-10,14,16H,4-5,11-13H2,1-3H3. The van der Waals surface area contributed by atoms with Crippen molar-refractivity contribution in [2.24, 2.45) is 5.92 Å². The molecule has 20 heavy (non-hydrogen) atoms. The molecule has 0 fully saturated rings. The van der Waals surface area contributed by atoms with Crippen molar-refractivity contribution in [1.29, 1.82) is 0 Å². The van der Waals surface area contributed by atoms with Crippen molar-refractivity contribution in [3.05, 3.63) is 35.9 Å². The Morgan fingerprint density at radius 3 is 2.35 bits per heavy atom. The Morgan fingerprint density at radius 2 is 1.85 bits per heavy atom. The van der Waals surface area contributed by atoms with E-state index in [9.17, 15) is 4.79 Å². The fourth-order valence-corrected chi connectivity index (χ4v) is 2.94. The van der Waals surface area contributed by atoms with E-state index in [0.29, 0.717) is 5.92 Å². The van der Waals surface area contributed by atoms with Crippen LogP contribution in [0.1, 0.15) is 45.1 Å². The minimum absolute atomic E-state index is 0.0215. The van der Waals surface area contributed by atoms with Gasteiger partial charge in [-0.05, 0) is 17.9 Å². The molecule has 0 heterocycles. The fourth-order valence-electron chi connectivity index (χ4n) is 2.51. The molecule has 0 aromatic heterocycles. The van der Waals surface area contributed by atoms with Gasteiger partial charge in [0.2, 0.25) is 5.91 Å². The quantitative estimate of drug-likeness (QED) is 0.640. The second-order valence-corrected chi connectivity index (χ2v) is 6.08. The van der Waals surface area contributed by atoms with Gasteiger partial charge in [-0.2, -0.15) is 0 Å². The highest BCUT2D eigenvalue weighted by Gasteiger charge is 2.29. The van der Waals surface area contributed by atoms with Crippen LogP contribution >= 0.6 is 15.9 Å². The SMILES string of the molecule is CCCN(CCBr)C(=O)C(c1ccccc1)C(C)CC. The van der Waals surface area contributed by atoms with Crippen LogP contribution in [0.25, 0.3) is 0 Å². The van der Waals surface area contributed by atoms with E-state index in [0.717, 1.165) is 36.8 Å². The van der Waals surface area contributed by atoms with Gasteiger partial charge in [0, 0.05) is 18.4 Å². The van der Waals surface area contributed by atoms with E-state index in [2.05, 4.69) is 48.8 Å². The molecule has 0 aliphatic rings.